The first-order valence-electron chi connectivity index (χ1n) is 5.53. The van der Waals surface area contributed by atoms with Crippen LogP contribution in [0.25, 0.3) is 0 Å². The summed E-state index contributed by atoms with van der Waals surface area (Å²) in [6.45, 7) is 4.91. The highest BCUT2D eigenvalue weighted by molar-refractivity contribution is 5.64. The lowest BCUT2D eigenvalue weighted by Gasteiger charge is -2.21. The molecule has 18 heavy (non-hydrogen) atoms. The van der Waals surface area contributed by atoms with Crippen molar-refractivity contribution in [2.45, 2.75) is 32.6 Å². The number of hydrogen-bond donors (Lipinski definition) is 0. The first-order chi connectivity index (χ1) is 8.30. The summed E-state index contributed by atoms with van der Waals surface area (Å²) in [5.74, 6) is 0.323. The molecule has 0 aliphatic carbocycles. The number of alkyl halides is 2. The highest BCUT2D eigenvalue weighted by atomic mass is 19.3. The van der Waals surface area contributed by atoms with Gasteiger partial charge in [0.2, 0.25) is 0 Å². The Balaban J connectivity index is 2.76. The summed E-state index contributed by atoms with van der Waals surface area (Å²) in [4.78, 5) is 11.2. The summed E-state index contributed by atoms with van der Waals surface area (Å²) >= 11 is 0. The van der Waals surface area contributed by atoms with Crippen LogP contribution in [0, 0.1) is 0 Å². The molecule has 0 atom stereocenters. The van der Waals surface area contributed by atoms with Crippen LogP contribution >= 0.6 is 0 Å². The van der Waals surface area contributed by atoms with Crippen LogP contribution in [0.15, 0.2) is 24.3 Å². The molecule has 0 fully saturated rings. The van der Waals surface area contributed by atoms with Gasteiger partial charge in [0, 0.05) is 5.56 Å². The first kappa shape index (κ1) is 14.4. The van der Waals surface area contributed by atoms with Gasteiger partial charge in [-0.05, 0) is 11.5 Å². The predicted molar refractivity (Wildman–Crippen MR) is 63.1 cm³/mol. The summed E-state index contributed by atoms with van der Waals surface area (Å²) < 4.78 is 32.9. The van der Waals surface area contributed by atoms with Crippen LogP contribution in [-0.4, -0.2) is 19.2 Å². The van der Waals surface area contributed by atoms with Gasteiger partial charge in [0.15, 0.2) is 6.61 Å². The minimum Gasteiger partial charge on any atom is -0.428 e. The highest BCUT2D eigenvalue weighted by Crippen LogP contribution is 2.31. The van der Waals surface area contributed by atoms with Crippen molar-refractivity contribution in [3.05, 3.63) is 29.8 Å². The molecule has 0 radical (unpaired) electrons. The maximum Gasteiger partial charge on any atom is 0.514 e. The van der Waals surface area contributed by atoms with Crippen molar-refractivity contribution in [3.63, 3.8) is 0 Å². The molecule has 0 heterocycles. The fourth-order valence-corrected chi connectivity index (χ4v) is 1.43. The Bertz CT molecular complexity index is 411. The lowest BCUT2D eigenvalue weighted by Crippen LogP contribution is -2.18. The lowest BCUT2D eigenvalue weighted by atomic mass is 9.86. The van der Waals surface area contributed by atoms with Crippen molar-refractivity contribution in [2.75, 3.05) is 6.61 Å². The Hall–Kier alpha value is -1.65. The van der Waals surface area contributed by atoms with E-state index in [4.69, 9.17) is 4.74 Å². The minimum atomic E-state index is -2.70. The monoisotopic (exact) mass is 258 g/mol. The smallest absolute Gasteiger partial charge is 0.428 e. The number of benzene rings is 1. The van der Waals surface area contributed by atoms with Crippen molar-refractivity contribution in [3.8, 4) is 5.75 Å². The maximum absolute atomic E-state index is 11.9. The number of ether oxygens (including phenoxy) is 2. The minimum absolute atomic E-state index is 0.223. The summed E-state index contributed by atoms with van der Waals surface area (Å²) in [7, 11) is 0. The lowest BCUT2D eigenvalue weighted by molar-refractivity contribution is 0.0285. The van der Waals surface area contributed by atoms with Crippen molar-refractivity contribution in [2.24, 2.45) is 0 Å². The van der Waals surface area contributed by atoms with Gasteiger partial charge in [-0.2, -0.15) is 0 Å². The second kappa shape index (κ2) is 5.80. The topological polar surface area (TPSA) is 35.5 Å². The Morgan fingerprint density at radius 2 is 1.89 bits per heavy atom. The van der Waals surface area contributed by atoms with E-state index in [1.165, 1.54) is 0 Å². The summed E-state index contributed by atoms with van der Waals surface area (Å²) in [5, 5.41) is 0. The zero-order valence-corrected chi connectivity index (χ0v) is 10.6. The third-order valence-electron chi connectivity index (χ3n) is 2.22. The summed E-state index contributed by atoms with van der Waals surface area (Å²) in [6.07, 6.45) is -3.82. The van der Waals surface area contributed by atoms with E-state index in [9.17, 15) is 13.6 Å². The molecule has 0 bridgehead atoms. The second-order valence-corrected chi connectivity index (χ2v) is 4.80. The maximum atomic E-state index is 11.9. The van der Waals surface area contributed by atoms with E-state index in [1.807, 2.05) is 32.9 Å². The van der Waals surface area contributed by atoms with E-state index in [0.717, 1.165) is 5.56 Å². The molecule has 0 unspecified atom stereocenters. The van der Waals surface area contributed by atoms with Crippen LogP contribution in [0.3, 0.4) is 0 Å². The third kappa shape index (κ3) is 4.31. The standard InChI is InChI=1S/C13H16F2O3/c1-13(2,3)9-6-4-5-7-10(9)18-12(16)17-8-11(14)15/h4-7,11H,8H2,1-3H3. The number of hydrogen-bond acceptors (Lipinski definition) is 3. The molecule has 0 saturated heterocycles. The molecule has 0 aliphatic heterocycles. The summed E-state index contributed by atoms with van der Waals surface area (Å²) in [6, 6.07) is 6.93. The van der Waals surface area contributed by atoms with Crippen LogP contribution < -0.4 is 4.74 Å². The van der Waals surface area contributed by atoms with Gasteiger partial charge >= 0.3 is 6.16 Å². The Morgan fingerprint density at radius 1 is 1.28 bits per heavy atom. The summed E-state index contributed by atoms with van der Waals surface area (Å²) in [5.41, 5.74) is 0.582. The zero-order valence-electron chi connectivity index (χ0n) is 10.6. The molecule has 5 heteroatoms. The van der Waals surface area contributed by atoms with Gasteiger partial charge in [0.25, 0.3) is 6.43 Å². The number of carbonyl (C=O) groups is 1. The van der Waals surface area contributed by atoms with Crippen LogP contribution in [0.1, 0.15) is 26.3 Å². The number of halogens is 2. The first-order valence-corrected chi connectivity index (χ1v) is 5.53. The highest BCUT2D eigenvalue weighted by Gasteiger charge is 2.20. The fourth-order valence-electron chi connectivity index (χ4n) is 1.43. The van der Waals surface area contributed by atoms with E-state index in [-0.39, 0.29) is 5.41 Å². The SMILES string of the molecule is CC(C)(C)c1ccccc1OC(=O)OCC(F)F. The Labute approximate surface area is 105 Å². The van der Waals surface area contributed by atoms with Gasteiger partial charge in [0.05, 0.1) is 0 Å². The van der Waals surface area contributed by atoms with Crippen molar-refractivity contribution in [1.29, 1.82) is 0 Å². The zero-order chi connectivity index (χ0) is 13.8. The number of rotatable bonds is 3. The molecule has 1 aromatic carbocycles. The average molecular weight is 258 g/mol. The van der Waals surface area contributed by atoms with E-state index >= 15 is 0 Å². The molecule has 3 nitrogen and oxygen atoms in total. The largest absolute Gasteiger partial charge is 0.514 e. The normalized spacial score (nSPS) is 11.4. The van der Waals surface area contributed by atoms with E-state index < -0.39 is 19.2 Å². The van der Waals surface area contributed by atoms with E-state index in [2.05, 4.69) is 4.74 Å². The Kier molecular flexibility index (Phi) is 4.64. The quantitative estimate of drug-likeness (QED) is 0.611. The van der Waals surface area contributed by atoms with Gasteiger partial charge in [-0.15, -0.1) is 0 Å². The third-order valence-corrected chi connectivity index (χ3v) is 2.22. The molecule has 1 rings (SSSR count). The second-order valence-electron chi connectivity index (χ2n) is 4.80. The number of carbonyl (C=O) groups excluding carboxylic acids is 1. The van der Waals surface area contributed by atoms with Crippen molar-refractivity contribution >= 4 is 6.16 Å². The molecule has 100 valence electrons. The van der Waals surface area contributed by atoms with Gasteiger partial charge in [-0.25, -0.2) is 13.6 Å². The molecule has 0 saturated carbocycles. The van der Waals surface area contributed by atoms with Gasteiger partial charge in [-0.3, -0.25) is 0 Å². The molecule has 0 aliphatic rings. The Morgan fingerprint density at radius 3 is 2.44 bits per heavy atom. The van der Waals surface area contributed by atoms with Crippen LogP contribution in [0.5, 0.6) is 5.75 Å². The van der Waals surface area contributed by atoms with Gasteiger partial charge < -0.3 is 9.47 Å². The van der Waals surface area contributed by atoms with Crippen molar-refractivity contribution in [1.82, 2.24) is 0 Å². The average Bonchev–Trinajstić information content (AvgIpc) is 2.25. The van der Waals surface area contributed by atoms with Gasteiger partial charge in [0.1, 0.15) is 5.75 Å². The van der Waals surface area contributed by atoms with Crippen LogP contribution in [-0.2, 0) is 10.2 Å². The van der Waals surface area contributed by atoms with Crippen molar-refractivity contribution < 1.29 is 23.0 Å². The molecule has 0 N–H and O–H groups in total. The molecular formula is C13H16F2O3. The van der Waals surface area contributed by atoms with E-state index in [1.54, 1.807) is 12.1 Å². The van der Waals surface area contributed by atoms with E-state index in [0.29, 0.717) is 5.75 Å². The molecule has 0 spiro atoms. The van der Waals surface area contributed by atoms with Crippen LogP contribution in [0.2, 0.25) is 0 Å². The molecule has 0 amide bonds. The number of para-hydroxylation sites is 1. The molecule has 0 aromatic heterocycles. The predicted octanol–water partition coefficient (Wildman–Crippen LogP) is 3.76. The fraction of sp³-hybridized carbons (Fsp3) is 0.462. The molecule has 1 aromatic rings. The van der Waals surface area contributed by atoms with Crippen LogP contribution in [0.4, 0.5) is 13.6 Å². The van der Waals surface area contributed by atoms with Gasteiger partial charge in [-0.1, -0.05) is 39.0 Å². The molecular weight excluding hydrogens is 242 g/mol.